The van der Waals surface area contributed by atoms with Crippen molar-refractivity contribution >= 4 is 23.2 Å². The molecule has 0 fully saturated rings. The summed E-state index contributed by atoms with van der Waals surface area (Å²) in [7, 11) is 0. The highest BCUT2D eigenvalue weighted by Gasteiger charge is 2.15. The lowest BCUT2D eigenvalue weighted by molar-refractivity contribution is 1.09. The highest BCUT2D eigenvalue weighted by Crippen LogP contribution is 2.34. The predicted octanol–water partition coefficient (Wildman–Crippen LogP) is 4.19. The second-order valence-corrected chi connectivity index (χ2v) is 4.59. The molecule has 0 spiro atoms. The predicted molar refractivity (Wildman–Crippen MR) is 79.9 cm³/mol. The van der Waals surface area contributed by atoms with Gasteiger partial charge in [0.15, 0.2) is 0 Å². The van der Waals surface area contributed by atoms with Crippen LogP contribution in [0.1, 0.15) is 5.69 Å². The van der Waals surface area contributed by atoms with Crippen LogP contribution in [0.25, 0.3) is 34.4 Å². The molecule has 1 aromatic carbocycles. The van der Waals surface area contributed by atoms with Crippen molar-refractivity contribution in [2.24, 2.45) is 0 Å². The van der Waals surface area contributed by atoms with Crippen LogP contribution in [0.4, 0.5) is 0 Å². The van der Waals surface area contributed by atoms with E-state index >= 15 is 0 Å². The number of allylic oxidation sites excluding steroid dienone is 4. The molecular weight excluding hydrogens is 232 g/mol. The van der Waals surface area contributed by atoms with Crippen molar-refractivity contribution in [3.05, 3.63) is 66.5 Å². The van der Waals surface area contributed by atoms with E-state index in [0.29, 0.717) is 0 Å². The molecule has 0 radical (unpaired) electrons. The Bertz CT molecular complexity index is 819. The summed E-state index contributed by atoms with van der Waals surface area (Å²) in [5.41, 5.74) is 4.44. The third-order valence-corrected chi connectivity index (χ3v) is 3.44. The minimum atomic E-state index is 1.06. The number of nitrogens with zero attached hydrogens (tertiary/aromatic N) is 2. The molecule has 1 aromatic rings. The highest BCUT2D eigenvalue weighted by molar-refractivity contribution is 5.99. The second kappa shape index (κ2) is 3.95. The number of pyridine rings is 1. The smallest absolute Gasteiger partial charge is 0.0956 e. The largest absolute Gasteiger partial charge is 0.322 e. The Kier molecular flexibility index (Phi) is 2.15. The summed E-state index contributed by atoms with van der Waals surface area (Å²) < 4.78 is 2.11. The lowest BCUT2D eigenvalue weighted by Gasteiger charge is -2.11. The van der Waals surface area contributed by atoms with Gasteiger partial charge in [-0.15, -0.1) is 0 Å². The first-order chi connectivity index (χ1) is 9.43. The fourth-order valence-electron chi connectivity index (χ4n) is 2.54. The second-order valence-electron chi connectivity index (χ2n) is 4.59. The van der Waals surface area contributed by atoms with E-state index < -0.39 is 0 Å². The molecule has 2 heteroatoms. The van der Waals surface area contributed by atoms with E-state index in [2.05, 4.69) is 41.1 Å². The summed E-state index contributed by atoms with van der Waals surface area (Å²) in [6.45, 7) is 0. The summed E-state index contributed by atoms with van der Waals surface area (Å²) in [5, 5.41) is 1.22. The Hall–Kier alpha value is -2.61. The molecule has 0 unspecified atom stereocenters. The van der Waals surface area contributed by atoms with E-state index in [9.17, 15) is 0 Å². The maximum Gasteiger partial charge on any atom is 0.0956 e. The summed E-state index contributed by atoms with van der Waals surface area (Å²) in [5.74, 6) is 0. The number of rotatable bonds is 0. The van der Waals surface area contributed by atoms with Crippen LogP contribution >= 0.6 is 0 Å². The van der Waals surface area contributed by atoms with Gasteiger partial charge < -0.3 is 4.57 Å². The molecule has 4 rings (SSSR count). The minimum Gasteiger partial charge on any atom is -0.322 e. The van der Waals surface area contributed by atoms with Crippen LogP contribution in [0, 0.1) is 0 Å². The van der Waals surface area contributed by atoms with Crippen molar-refractivity contribution in [1.29, 1.82) is 0 Å². The van der Waals surface area contributed by atoms with Crippen LogP contribution in [-0.4, -0.2) is 9.55 Å². The minimum absolute atomic E-state index is 1.06. The molecule has 2 nitrogen and oxygen atoms in total. The van der Waals surface area contributed by atoms with Gasteiger partial charge >= 0.3 is 0 Å². The van der Waals surface area contributed by atoms with Gasteiger partial charge in [-0.05, 0) is 24.3 Å². The Balaban J connectivity index is 2.11. The molecule has 0 amide bonds. The molecule has 0 saturated heterocycles. The third-order valence-electron chi connectivity index (χ3n) is 3.44. The first kappa shape index (κ1) is 10.3. The first-order valence-corrected chi connectivity index (χ1v) is 6.34. The monoisotopic (exact) mass is 244 g/mol. The number of fused-ring (bicyclic) bond motifs is 5. The van der Waals surface area contributed by atoms with Gasteiger partial charge in [0.05, 0.1) is 16.9 Å². The van der Waals surface area contributed by atoms with Crippen LogP contribution in [-0.2, 0) is 0 Å². The van der Waals surface area contributed by atoms with Crippen molar-refractivity contribution in [2.45, 2.75) is 0 Å². The average Bonchev–Trinajstić information content (AvgIpc) is 2.77. The Morgan fingerprint density at radius 2 is 1.79 bits per heavy atom. The topological polar surface area (TPSA) is 17.8 Å². The molecule has 90 valence electrons. The third kappa shape index (κ3) is 1.54. The van der Waals surface area contributed by atoms with Crippen molar-refractivity contribution in [2.75, 3.05) is 0 Å². The lowest BCUT2D eigenvalue weighted by Crippen LogP contribution is -1.98. The van der Waals surface area contributed by atoms with Gasteiger partial charge in [-0.25, -0.2) is 4.98 Å². The Morgan fingerprint density at radius 3 is 2.79 bits per heavy atom. The number of benzene rings is 1. The van der Waals surface area contributed by atoms with Crippen LogP contribution in [0.2, 0.25) is 0 Å². The van der Waals surface area contributed by atoms with Crippen molar-refractivity contribution in [3.8, 4) is 11.3 Å². The maximum absolute atomic E-state index is 4.77. The summed E-state index contributed by atoms with van der Waals surface area (Å²) in [4.78, 5) is 4.77. The Labute approximate surface area is 111 Å². The standard InChI is InChI=1S/C17H12N2/c1-2-6-11-19-12-10-14-13-7-4-5-8-15(13)18-17(14)16(19)9-3-1/h1-12H/b2-1?,9-3?,11-6-. The molecule has 3 aliphatic heterocycles. The molecule has 0 bridgehead atoms. The molecule has 0 aromatic heterocycles. The van der Waals surface area contributed by atoms with E-state index in [1.54, 1.807) is 0 Å². The fraction of sp³-hybridized carbons (Fsp3) is 0. The normalized spacial score (nSPS) is 15.4. The van der Waals surface area contributed by atoms with Gasteiger partial charge in [0.2, 0.25) is 0 Å². The van der Waals surface area contributed by atoms with Crippen LogP contribution in [0.5, 0.6) is 0 Å². The van der Waals surface area contributed by atoms with Gasteiger partial charge in [0, 0.05) is 23.3 Å². The van der Waals surface area contributed by atoms with Gasteiger partial charge in [-0.2, -0.15) is 0 Å². The number of hydrogen-bond acceptors (Lipinski definition) is 1. The lowest BCUT2D eigenvalue weighted by atomic mass is 10.1. The van der Waals surface area contributed by atoms with Crippen LogP contribution < -0.4 is 0 Å². The summed E-state index contributed by atoms with van der Waals surface area (Å²) in [6.07, 6.45) is 14.4. The van der Waals surface area contributed by atoms with Gasteiger partial charge in [0.25, 0.3) is 0 Å². The number of hydrogen-bond donors (Lipinski definition) is 0. The quantitative estimate of drug-likeness (QED) is 0.579. The first-order valence-electron chi connectivity index (χ1n) is 6.34. The molecule has 0 aliphatic carbocycles. The SMILES string of the molecule is C1=C/C=C\n2ccc3c4ccccc4nc-3c2C=C1. The molecule has 19 heavy (non-hydrogen) atoms. The van der Waals surface area contributed by atoms with E-state index in [1.165, 1.54) is 10.9 Å². The summed E-state index contributed by atoms with van der Waals surface area (Å²) >= 11 is 0. The van der Waals surface area contributed by atoms with Gasteiger partial charge in [0.1, 0.15) is 0 Å². The average molecular weight is 244 g/mol. The number of aromatic nitrogens is 2. The summed E-state index contributed by atoms with van der Waals surface area (Å²) in [6, 6.07) is 10.4. The highest BCUT2D eigenvalue weighted by atomic mass is 15.0. The maximum atomic E-state index is 4.77. The molecule has 0 saturated carbocycles. The zero-order valence-electron chi connectivity index (χ0n) is 10.3. The van der Waals surface area contributed by atoms with Crippen molar-refractivity contribution in [3.63, 3.8) is 0 Å². The molecule has 0 atom stereocenters. The van der Waals surface area contributed by atoms with Crippen LogP contribution in [0.15, 0.2) is 60.8 Å². The zero-order chi connectivity index (χ0) is 12.7. The van der Waals surface area contributed by atoms with Gasteiger partial charge in [-0.1, -0.05) is 36.4 Å². The van der Waals surface area contributed by atoms with E-state index in [1.807, 2.05) is 36.6 Å². The molecule has 3 heterocycles. The van der Waals surface area contributed by atoms with Crippen molar-refractivity contribution < 1.29 is 0 Å². The zero-order valence-corrected chi connectivity index (χ0v) is 10.3. The van der Waals surface area contributed by atoms with E-state index in [-0.39, 0.29) is 0 Å². The van der Waals surface area contributed by atoms with E-state index in [0.717, 1.165) is 16.9 Å². The van der Waals surface area contributed by atoms with E-state index in [4.69, 9.17) is 4.98 Å². The van der Waals surface area contributed by atoms with Crippen molar-refractivity contribution in [1.82, 2.24) is 9.55 Å². The molecule has 3 aliphatic rings. The van der Waals surface area contributed by atoms with Gasteiger partial charge in [-0.3, -0.25) is 0 Å². The fourth-order valence-corrected chi connectivity index (χ4v) is 2.54. The molecule has 0 N–H and O–H groups in total. The number of para-hydroxylation sites is 1. The Morgan fingerprint density at radius 1 is 0.895 bits per heavy atom. The van der Waals surface area contributed by atoms with Crippen LogP contribution in [0.3, 0.4) is 0 Å². The molecular formula is C17H12N2.